The average molecular weight is 925 g/mol. The summed E-state index contributed by atoms with van der Waals surface area (Å²) in [5.41, 5.74) is 0. The number of allylic oxidation sites excluding steroid dienone is 8. The van der Waals surface area contributed by atoms with Gasteiger partial charge in [0.1, 0.15) is 12.2 Å². The van der Waals surface area contributed by atoms with E-state index in [0.29, 0.717) is 12.8 Å². The highest BCUT2D eigenvalue weighted by Gasteiger charge is 2.27. The van der Waals surface area contributed by atoms with Gasteiger partial charge in [0.05, 0.1) is 26.4 Å². The molecule has 374 valence electrons. The number of ether oxygens (including phenoxy) is 2. The maximum Gasteiger partial charge on any atom is 0.472 e. The fourth-order valence-corrected chi connectivity index (χ4v) is 8.02. The van der Waals surface area contributed by atoms with Crippen LogP contribution < -0.4 is 0 Å². The Kier molecular flexibility index (Phi) is 47.3. The summed E-state index contributed by atoms with van der Waals surface area (Å²) in [6.45, 7) is 2.20. The Labute approximate surface area is 392 Å². The van der Waals surface area contributed by atoms with Crippen molar-refractivity contribution in [2.75, 3.05) is 26.4 Å². The maximum absolute atomic E-state index is 12.4. The summed E-state index contributed by atoms with van der Waals surface area (Å²) in [5.74, 6) is -1.02. The molecule has 0 aliphatic carbocycles. The van der Waals surface area contributed by atoms with Crippen LogP contribution in [0.2, 0.25) is 0 Å². The molecule has 0 aliphatic heterocycles. The van der Waals surface area contributed by atoms with Gasteiger partial charge in [-0.1, -0.05) is 197 Å². The third kappa shape index (κ3) is 46.5. The Morgan fingerprint density at radius 2 is 0.688 bits per heavy atom. The largest absolute Gasteiger partial charge is 0.472 e. The van der Waals surface area contributed by atoms with Crippen LogP contribution in [0, 0.1) is 0 Å². The first-order chi connectivity index (χ1) is 31.3. The molecule has 0 aromatic rings. The number of unbranched alkanes of at least 4 members (excludes halogenated alkanes) is 27. The monoisotopic (exact) mass is 925 g/mol. The third-order valence-corrected chi connectivity index (χ3v) is 12.2. The summed E-state index contributed by atoms with van der Waals surface area (Å²) in [6, 6.07) is 0. The summed E-state index contributed by atoms with van der Waals surface area (Å²) in [7, 11) is -4.65. The zero-order valence-corrected chi connectivity index (χ0v) is 41.9. The van der Waals surface area contributed by atoms with Crippen molar-refractivity contribution in [2.45, 2.75) is 251 Å². The van der Waals surface area contributed by atoms with Crippen LogP contribution in [0.3, 0.4) is 0 Å². The molecular formula is C53H97O10P. The molecule has 3 atom stereocenters. The molecule has 0 saturated carbocycles. The van der Waals surface area contributed by atoms with Gasteiger partial charge in [-0.25, -0.2) is 4.57 Å². The van der Waals surface area contributed by atoms with Crippen LogP contribution in [0.1, 0.15) is 239 Å². The van der Waals surface area contributed by atoms with E-state index in [-0.39, 0.29) is 12.8 Å². The molecular weight excluding hydrogens is 828 g/mol. The molecule has 0 heterocycles. The fraction of sp³-hybridized carbons (Fsp3) is 0.811. The van der Waals surface area contributed by atoms with E-state index in [2.05, 4.69) is 62.5 Å². The minimum Gasteiger partial charge on any atom is -0.457 e. The van der Waals surface area contributed by atoms with Crippen LogP contribution in [0.5, 0.6) is 0 Å². The number of phosphoric acid groups is 1. The van der Waals surface area contributed by atoms with Crippen LogP contribution in [0.25, 0.3) is 0 Å². The SMILES string of the molecule is CCCCCC/C=C\C/C=C\CCCCCCCCCC(=O)OC(CO)COP(=O)(O)OCC(CO)OC(=O)CCCCCCCCCCCCC/C=C\C/C=C\CCCCCCC. The lowest BCUT2D eigenvalue weighted by atomic mass is 10.0. The van der Waals surface area contributed by atoms with Gasteiger partial charge in [0.2, 0.25) is 0 Å². The van der Waals surface area contributed by atoms with Crippen molar-refractivity contribution in [2.24, 2.45) is 0 Å². The number of esters is 2. The molecule has 0 aliphatic rings. The van der Waals surface area contributed by atoms with Gasteiger partial charge in [0.25, 0.3) is 0 Å². The number of aliphatic hydroxyl groups excluding tert-OH is 2. The van der Waals surface area contributed by atoms with Gasteiger partial charge in [-0.05, 0) is 77.0 Å². The second-order valence-electron chi connectivity index (χ2n) is 17.5. The Hall–Kier alpha value is -2.07. The summed E-state index contributed by atoms with van der Waals surface area (Å²) in [4.78, 5) is 34.7. The summed E-state index contributed by atoms with van der Waals surface area (Å²) in [6.07, 6.45) is 55.1. The number of rotatable bonds is 49. The smallest absolute Gasteiger partial charge is 0.457 e. The molecule has 0 amide bonds. The highest BCUT2D eigenvalue weighted by atomic mass is 31.2. The Morgan fingerprint density at radius 3 is 0.984 bits per heavy atom. The predicted molar refractivity (Wildman–Crippen MR) is 265 cm³/mol. The van der Waals surface area contributed by atoms with E-state index in [1.54, 1.807) is 0 Å². The van der Waals surface area contributed by atoms with Crippen molar-refractivity contribution in [1.29, 1.82) is 0 Å². The molecule has 3 unspecified atom stereocenters. The Morgan fingerprint density at radius 1 is 0.422 bits per heavy atom. The first-order valence-electron chi connectivity index (χ1n) is 26.1. The molecule has 0 aromatic carbocycles. The molecule has 0 spiro atoms. The highest BCUT2D eigenvalue weighted by Crippen LogP contribution is 2.43. The van der Waals surface area contributed by atoms with Gasteiger partial charge in [-0.15, -0.1) is 0 Å². The van der Waals surface area contributed by atoms with Crippen molar-refractivity contribution < 1.29 is 47.8 Å². The quantitative estimate of drug-likeness (QED) is 0.0233. The second-order valence-corrected chi connectivity index (χ2v) is 19.0. The molecule has 0 bridgehead atoms. The van der Waals surface area contributed by atoms with Gasteiger partial charge in [0.15, 0.2) is 0 Å². The molecule has 0 radical (unpaired) electrons. The van der Waals surface area contributed by atoms with Gasteiger partial charge in [-0.2, -0.15) is 0 Å². The van der Waals surface area contributed by atoms with Crippen molar-refractivity contribution in [1.82, 2.24) is 0 Å². The molecule has 11 heteroatoms. The highest BCUT2D eigenvalue weighted by molar-refractivity contribution is 7.47. The molecule has 0 saturated heterocycles. The summed E-state index contributed by atoms with van der Waals surface area (Å²) in [5, 5.41) is 19.3. The number of hydrogen-bond donors (Lipinski definition) is 3. The van der Waals surface area contributed by atoms with Crippen molar-refractivity contribution >= 4 is 19.8 Å². The second kappa shape index (κ2) is 48.9. The van der Waals surface area contributed by atoms with Gasteiger partial charge in [0, 0.05) is 12.8 Å². The van der Waals surface area contributed by atoms with Crippen LogP contribution in [-0.4, -0.2) is 65.7 Å². The zero-order chi connectivity index (χ0) is 46.9. The molecule has 0 fully saturated rings. The predicted octanol–water partition coefficient (Wildman–Crippen LogP) is 14.8. The molecule has 10 nitrogen and oxygen atoms in total. The topological polar surface area (TPSA) is 149 Å². The van der Waals surface area contributed by atoms with E-state index >= 15 is 0 Å². The number of aliphatic hydroxyl groups is 2. The van der Waals surface area contributed by atoms with E-state index in [1.807, 2.05) is 0 Å². The Balaban J connectivity index is 3.84. The molecule has 3 N–H and O–H groups in total. The molecule has 0 aromatic heterocycles. The number of phosphoric ester groups is 1. The molecule has 64 heavy (non-hydrogen) atoms. The normalized spacial score (nSPS) is 14.0. The van der Waals surface area contributed by atoms with Crippen molar-refractivity contribution in [3.63, 3.8) is 0 Å². The fourth-order valence-electron chi connectivity index (χ4n) is 7.24. The third-order valence-electron chi connectivity index (χ3n) is 11.3. The van der Waals surface area contributed by atoms with Gasteiger partial charge >= 0.3 is 19.8 Å². The Bertz CT molecular complexity index is 1200. The van der Waals surface area contributed by atoms with E-state index in [9.17, 15) is 29.3 Å². The maximum atomic E-state index is 12.4. The van der Waals surface area contributed by atoms with Gasteiger partial charge in [-0.3, -0.25) is 18.6 Å². The number of carbonyl (C=O) groups excluding carboxylic acids is 2. The van der Waals surface area contributed by atoms with Crippen molar-refractivity contribution in [3.8, 4) is 0 Å². The van der Waals surface area contributed by atoms with Crippen LogP contribution in [0.4, 0.5) is 0 Å². The van der Waals surface area contributed by atoms with Gasteiger partial charge < -0.3 is 24.6 Å². The zero-order valence-electron chi connectivity index (χ0n) is 41.0. The number of hydrogen-bond acceptors (Lipinski definition) is 9. The van der Waals surface area contributed by atoms with Crippen LogP contribution in [0.15, 0.2) is 48.6 Å². The minimum atomic E-state index is -4.65. The molecule has 0 rings (SSSR count). The number of carbonyl (C=O) groups is 2. The first kappa shape index (κ1) is 61.9. The lowest BCUT2D eigenvalue weighted by Gasteiger charge is -2.20. The lowest BCUT2D eigenvalue weighted by molar-refractivity contribution is -0.153. The van der Waals surface area contributed by atoms with Crippen LogP contribution >= 0.6 is 7.82 Å². The van der Waals surface area contributed by atoms with E-state index in [1.165, 1.54) is 141 Å². The minimum absolute atomic E-state index is 0.183. The first-order valence-corrected chi connectivity index (χ1v) is 27.6. The summed E-state index contributed by atoms with van der Waals surface area (Å²) < 4.78 is 32.7. The standard InChI is InChI=1S/C53H97O10P/c1-3-5-7-9-11-13-15-17-19-21-23-24-25-26-27-29-31-33-35-37-39-41-43-45-53(57)63-51(47-55)49-61-64(58,59)60-48-50(46-54)62-52(56)44-42-40-38-36-34-32-30-28-22-20-18-16-14-12-10-8-6-4-2/h14-17,20-23,50-51,54-55H,3-13,18-19,24-49H2,1-2H3,(H,58,59)/b16-14-,17-15-,22-20-,23-21-. The van der Waals surface area contributed by atoms with Crippen LogP contribution in [-0.2, 0) is 32.7 Å². The van der Waals surface area contributed by atoms with E-state index in [0.717, 1.165) is 57.8 Å². The average Bonchev–Trinajstić information content (AvgIpc) is 3.29. The lowest BCUT2D eigenvalue weighted by Crippen LogP contribution is -2.28. The van der Waals surface area contributed by atoms with E-state index in [4.69, 9.17) is 18.5 Å². The van der Waals surface area contributed by atoms with E-state index < -0.39 is 58.4 Å². The summed E-state index contributed by atoms with van der Waals surface area (Å²) >= 11 is 0. The van der Waals surface area contributed by atoms with Crippen molar-refractivity contribution in [3.05, 3.63) is 48.6 Å².